The van der Waals surface area contributed by atoms with Gasteiger partial charge in [-0.1, -0.05) is 0 Å². The third-order valence-corrected chi connectivity index (χ3v) is 4.26. The van der Waals surface area contributed by atoms with E-state index in [1.807, 2.05) is 24.3 Å². The molecule has 0 fully saturated rings. The van der Waals surface area contributed by atoms with Gasteiger partial charge >= 0.3 is 0 Å². The van der Waals surface area contributed by atoms with Crippen LogP contribution in [-0.4, -0.2) is 42.7 Å². The first-order chi connectivity index (χ1) is 13.1. The van der Waals surface area contributed by atoms with Gasteiger partial charge in [-0.3, -0.25) is 0 Å². The SMILES string of the molecule is COc1cc(OC)c(OC)cc1C[NH2+]Cc1cc(OC)c(OC)c(OC)c1. The number of nitrogens with two attached hydrogens (primary N) is 1. The van der Waals surface area contributed by atoms with Crippen molar-refractivity contribution in [3.8, 4) is 34.5 Å². The molecule has 2 rings (SSSR count). The normalized spacial score (nSPS) is 10.3. The molecule has 148 valence electrons. The highest BCUT2D eigenvalue weighted by Crippen LogP contribution is 2.38. The van der Waals surface area contributed by atoms with Crippen molar-refractivity contribution in [1.29, 1.82) is 0 Å². The number of rotatable bonds is 10. The number of benzene rings is 2. The van der Waals surface area contributed by atoms with Crippen LogP contribution in [0, 0.1) is 0 Å². The van der Waals surface area contributed by atoms with Crippen LogP contribution in [0.4, 0.5) is 0 Å². The molecule has 0 heterocycles. The number of ether oxygens (including phenoxy) is 6. The topological polar surface area (TPSA) is 72.0 Å². The molecule has 0 bridgehead atoms. The Hall–Kier alpha value is -2.80. The molecule has 7 heteroatoms. The highest BCUT2D eigenvalue weighted by atomic mass is 16.5. The number of hydrogen-bond acceptors (Lipinski definition) is 6. The number of quaternary nitrogens is 1. The van der Waals surface area contributed by atoms with Gasteiger partial charge in [0.05, 0.1) is 48.2 Å². The molecule has 0 aliphatic rings. The van der Waals surface area contributed by atoms with Crippen LogP contribution in [0.15, 0.2) is 24.3 Å². The molecule has 2 aromatic rings. The van der Waals surface area contributed by atoms with Crippen LogP contribution in [0.25, 0.3) is 0 Å². The minimum Gasteiger partial charge on any atom is -0.496 e. The zero-order valence-electron chi connectivity index (χ0n) is 16.8. The first kappa shape index (κ1) is 20.5. The van der Waals surface area contributed by atoms with Gasteiger partial charge in [0.1, 0.15) is 18.8 Å². The van der Waals surface area contributed by atoms with E-state index >= 15 is 0 Å². The second-order valence-electron chi connectivity index (χ2n) is 5.75. The highest BCUT2D eigenvalue weighted by molar-refractivity contribution is 5.53. The summed E-state index contributed by atoms with van der Waals surface area (Å²) in [5.41, 5.74) is 2.08. The first-order valence-corrected chi connectivity index (χ1v) is 8.51. The van der Waals surface area contributed by atoms with Crippen molar-refractivity contribution >= 4 is 0 Å². The van der Waals surface area contributed by atoms with E-state index in [-0.39, 0.29) is 0 Å². The molecule has 27 heavy (non-hydrogen) atoms. The largest absolute Gasteiger partial charge is 0.496 e. The molecule has 0 radical (unpaired) electrons. The molecule has 0 spiro atoms. The third-order valence-electron chi connectivity index (χ3n) is 4.26. The Morgan fingerprint density at radius 2 is 1.07 bits per heavy atom. The van der Waals surface area contributed by atoms with E-state index in [1.54, 1.807) is 42.7 Å². The molecule has 2 N–H and O–H groups in total. The summed E-state index contributed by atoms with van der Waals surface area (Å²) >= 11 is 0. The summed E-state index contributed by atoms with van der Waals surface area (Å²) in [6.07, 6.45) is 0. The summed E-state index contributed by atoms with van der Waals surface area (Å²) < 4.78 is 32.4. The van der Waals surface area contributed by atoms with Crippen molar-refractivity contribution in [1.82, 2.24) is 0 Å². The van der Waals surface area contributed by atoms with Crippen molar-refractivity contribution < 1.29 is 33.7 Å². The lowest BCUT2D eigenvalue weighted by atomic mass is 10.1. The van der Waals surface area contributed by atoms with Gasteiger partial charge in [-0.25, -0.2) is 0 Å². The summed E-state index contributed by atoms with van der Waals surface area (Å²) in [6, 6.07) is 7.66. The molecule has 0 atom stereocenters. The predicted molar refractivity (Wildman–Crippen MR) is 102 cm³/mol. The number of hydrogen-bond donors (Lipinski definition) is 1. The molecule has 0 amide bonds. The Morgan fingerprint density at radius 1 is 0.556 bits per heavy atom. The molecule has 0 aromatic heterocycles. The van der Waals surface area contributed by atoms with Crippen molar-refractivity contribution in [3.05, 3.63) is 35.4 Å². The van der Waals surface area contributed by atoms with Crippen LogP contribution in [0.3, 0.4) is 0 Å². The average Bonchev–Trinajstić information content (AvgIpc) is 2.72. The summed E-state index contributed by atoms with van der Waals surface area (Å²) in [5, 5.41) is 2.16. The van der Waals surface area contributed by atoms with Crippen molar-refractivity contribution in [3.63, 3.8) is 0 Å². The molecule has 0 unspecified atom stereocenters. The standard InChI is InChI=1S/C20H27NO6/c1-22-15-10-17(24-3)16(23-2)9-14(15)12-21-11-13-7-18(25-4)20(27-6)19(8-13)26-5/h7-10,21H,11-12H2,1-6H3/p+1. The molecular weight excluding hydrogens is 350 g/mol. The lowest BCUT2D eigenvalue weighted by molar-refractivity contribution is -0.686. The van der Waals surface area contributed by atoms with Gasteiger partial charge in [-0.05, 0) is 18.2 Å². The Bertz CT molecular complexity index is 737. The van der Waals surface area contributed by atoms with Gasteiger partial charge in [0.25, 0.3) is 0 Å². The Kier molecular flexibility index (Phi) is 7.43. The van der Waals surface area contributed by atoms with Gasteiger partial charge < -0.3 is 33.7 Å². The lowest BCUT2D eigenvalue weighted by Crippen LogP contribution is -2.80. The maximum Gasteiger partial charge on any atom is 0.203 e. The first-order valence-electron chi connectivity index (χ1n) is 8.51. The molecule has 0 saturated carbocycles. The van der Waals surface area contributed by atoms with E-state index in [0.717, 1.165) is 23.4 Å². The average molecular weight is 378 g/mol. The minimum absolute atomic E-state index is 0.588. The fraction of sp³-hybridized carbons (Fsp3) is 0.400. The third kappa shape index (κ3) is 4.68. The van der Waals surface area contributed by atoms with Crippen LogP contribution in [0.5, 0.6) is 34.5 Å². The van der Waals surface area contributed by atoms with E-state index in [4.69, 9.17) is 28.4 Å². The summed E-state index contributed by atoms with van der Waals surface area (Å²) in [5.74, 6) is 3.95. The quantitative estimate of drug-likeness (QED) is 0.682. The molecule has 0 saturated heterocycles. The van der Waals surface area contributed by atoms with Crippen molar-refractivity contribution in [2.45, 2.75) is 13.1 Å². The fourth-order valence-electron chi connectivity index (χ4n) is 2.90. The zero-order valence-corrected chi connectivity index (χ0v) is 16.8. The van der Waals surface area contributed by atoms with Gasteiger partial charge in [-0.2, -0.15) is 0 Å². The smallest absolute Gasteiger partial charge is 0.203 e. The Morgan fingerprint density at radius 3 is 1.56 bits per heavy atom. The van der Waals surface area contributed by atoms with Crippen LogP contribution < -0.4 is 33.7 Å². The minimum atomic E-state index is 0.588. The molecule has 2 aromatic carbocycles. The van der Waals surface area contributed by atoms with Crippen molar-refractivity contribution in [2.75, 3.05) is 42.7 Å². The van der Waals surface area contributed by atoms with Crippen LogP contribution >= 0.6 is 0 Å². The molecule has 7 nitrogen and oxygen atoms in total. The maximum atomic E-state index is 5.48. The van der Waals surface area contributed by atoms with Gasteiger partial charge in [-0.15, -0.1) is 0 Å². The lowest BCUT2D eigenvalue weighted by Gasteiger charge is -2.15. The van der Waals surface area contributed by atoms with Crippen LogP contribution in [0.2, 0.25) is 0 Å². The Labute approximate surface area is 160 Å². The summed E-state index contributed by atoms with van der Waals surface area (Å²) in [7, 11) is 9.68. The van der Waals surface area contributed by atoms with E-state index in [1.165, 1.54) is 0 Å². The molecule has 0 aliphatic carbocycles. The van der Waals surface area contributed by atoms with Crippen LogP contribution in [0.1, 0.15) is 11.1 Å². The summed E-state index contributed by atoms with van der Waals surface area (Å²) in [6.45, 7) is 1.44. The molecular formula is C20H28NO6+. The van der Waals surface area contributed by atoms with Crippen LogP contribution in [-0.2, 0) is 13.1 Å². The second-order valence-corrected chi connectivity index (χ2v) is 5.75. The summed E-state index contributed by atoms with van der Waals surface area (Å²) in [4.78, 5) is 0. The van der Waals surface area contributed by atoms with E-state index < -0.39 is 0 Å². The van der Waals surface area contributed by atoms with Gasteiger partial charge in [0.15, 0.2) is 23.0 Å². The molecule has 0 aliphatic heterocycles. The number of methoxy groups -OCH3 is 6. The monoisotopic (exact) mass is 378 g/mol. The Balaban J connectivity index is 2.16. The van der Waals surface area contributed by atoms with Gasteiger partial charge in [0.2, 0.25) is 5.75 Å². The van der Waals surface area contributed by atoms with E-state index in [0.29, 0.717) is 35.3 Å². The predicted octanol–water partition coefficient (Wildman–Crippen LogP) is 2.00. The van der Waals surface area contributed by atoms with Crippen molar-refractivity contribution in [2.24, 2.45) is 0 Å². The highest BCUT2D eigenvalue weighted by Gasteiger charge is 2.15. The van der Waals surface area contributed by atoms with Gasteiger partial charge in [0, 0.05) is 11.6 Å². The fourth-order valence-corrected chi connectivity index (χ4v) is 2.90. The van der Waals surface area contributed by atoms with E-state index in [2.05, 4.69) is 5.32 Å². The zero-order chi connectivity index (χ0) is 19.8. The van der Waals surface area contributed by atoms with E-state index in [9.17, 15) is 0 Å². The second kappa shape index (κ2) is 9.78. The maximum absolute atomic E-state index is 5.48.